The van der Waals surface area contributed by atoms with E-state index in [4.69, 9.17) is 9.47 Å². The Bertz CT molecular complexity index is 352. The molecule has 1 aromatic rings. The van der Waals surface area contributed by atoms with Gasteiger partial charge in [-0.05, 0) is 31.9 Å². The lowest BCUT2D eigenvalue weighted by atomic mass is 10.1. The predicted octanol–water partition coefficient (Wildman–Crippen LogP) is 4.08. The molecule has 0 saturated carbocycles. The van der Waals surface area contributed by atoms with Crippen LogP contribution in [0.3, 0.4) is 0 Å². The molecule has 3 heteroatoms. The van der Waals surface area contributed by atoms with E-state index in [2.05, 4.69) is 19.2 Å². The fourth-order valence-electron chi connectivity index (χ4n) is 1.99. The maximum absolute atomic E-state index is 5.51. The van der Waals surface area contributed by atoms with Crippen molar-refractivity contribution < 1.29 is 9.47 Å². The molecule has 0 saturated heterocycles. The molecule has 1 aromatic carbocycles. The van der Waals surface area contributed by atoms with Crippen molar-refractivity contribution in [2.45, 2.75) is 46.1 Å². The largest absolute Gasteiger partial charge is 0.493 e. The summed E-state index contributed by atoms with van der Waals surface area (Å²) in [6.45, 7) is 7.04. The summed E-state index contributed by atoms with van der Waals surface area (Å²) in [5, 5.41) is 3.54. The lowest BCUT2D eigenvalue weighted by Crippen LogP contribution is -2.17. The zero-order chi connectivity index (χ0) is 13.4. The van der Waals surface area contributed by atoms with Crippen LogP contribution >= 0.6 is 0 Å². The van der Waals surface area contributed by atoms with Gasteiger partial charge in [0.1, 0.15) is 0 Å². The van der Waals surface area contributed by atoms with Crippen LogP contribution < -0.4 is 14.8 Å². The van der Waals surface area contributed by atoms with Gasteiger partial charge in [-0.2, -0.15) is 0 Å². The van der Waals surface area contributed by atoms with Crippen LogP contribution in [0.1, 0.15) is 40.0 Å². The Balaban J connectivity index is 2.77. The normalized spacial score (nSPS) is 12.0. The molecule has 1 rings (SSSR count). The molecular formula is C15H25NO2. The fourth-order valence-corrected chi connectivity index (χ4v) is 1.99. The first kappa shape index (κ1) is 14.7. The fraction of sp³-hybridized carbons (Fsp3) is 0.600. The van der Waals surface area contributed by atoms with Crippen molar-refractivity contribution in [1.82, 2.24) is 0 Å². The van der Waals surface area contributed by atoms with Crippen LogP contribution in [0.25, 0.3) is 0 Å². The van der Waals surface area contributed by atoms with Crippen LogP contribution in [-0.2, 0) is 0 Å². The van der Waals surface area contributed by atoms with E-state index in [0.717, 1.165) is 23.6 Å². The molecule has 0 amide bonds. The van der Waals surface area contributed by atoms with Gasteiger partial charge in [-0.15, -0.1) is 0 Å². The summed E-state index contributed by atoms with van der Waals surface area (Å²) in [6.07, 6.45) is 3.51. The van der Waals surface area contributed by atoms with Gasteiger partial charge in [0, 0.05) is 17.8 Å². The van der Waals surface area contributed by atoms with Gasteiger partial charge in [-0.1, -0.05) is 20.3 Å². The number of hydrogen-bond acceptors (Lipinski definition) is 3. The predicted molar refractivity (Wildman–Crippen MR) is 76.8 cm³/mol. The SMILES string of the molecule is CCCC(CC)Nc1ccc(OCC)c(OC)c1. The third-order valence-corrected chi connectivity index (χ3v) is 2.96. The Morgan fingerprint density at radius 2 is 1.94 bits per heavy atom. The summed E-state index contributed by atoms with van der Waals surface area (Å²) in [7, 11) is 1.67. The second kappa shape index (κ2) is 7.85. The van der Waals surface area contributed by atoms with Gasteiger partial charge < -0.3 is 14.8 Å². The molecule has 1 N–H and O–H groups in total. The van der Waals surface area contributed by atoms with Crippen molar-refractivity contribution in [2.75, 3.05) is 19.0 Å². The Labute approximate surface area is 110 Å². The highest BCUT2D eigenvalue weighted by atomic mass is 16.5. The molecule has 1 atom stereocenters. The summed E-state index contributed by atoms with van der Waals surface area (Å²) in [4.78, 5) is 0. The van der Waals surface area contributed by atoms with E-state index in [-0.39, 0.29) is 0 Å². The van der Waals surface area contributed by atoms with E-state index in [9.17, 15) is 0 Å². The Kier molecular flexibility index (Phi) is 6.40. The number of rotatable bonds is 8. The lowest BCUT2D eigenvalue weighted by molar-refractivity contribution is 0.311. The number of nitrogens with one attached hydrogen (secondary N) is 1. The average molecular weight is 251 g/mol. The van der Waals surface area contributed by atoms with Crippen molar-refractivity contribution in [3.05, 3.63) is 18.2 Å². The Morgan fingerprint density at radius 3 is 2.50 bits per heavy atom. The molecule has 0 aliphatic heterocycles. The number of benzene rings is 1. The monoisotopic (exact) mass is 251 g/mol. The molecule has 0 aromatic heterocycles. The van der Waals surface area contributed by atoms with Crippen molar-refractivity contribution in [1.29, 1.82) is 0 Å². The smallest absolute Gasteiger partial charge is 0.162 e. The van der Waals surface area contributed by atoms with Crippen LogP contribution in [-0.4, -0.2) is 19.8 Å². The summed E-state index contributed by atoms with van der Waals surface area (Å²) in [5.74, 6) is 1.59. The highest BCUT2D eigenvalue weighted by Gasteiger charge is 2.08. The first-order valence-electron chi connectivity index (χ1n) is 6.82. The maximum Gasteiger partial charge on any atom is 0.162 e. The summed E-state index contributed by atoms with van der Waals surface area (Å²) in [5.41, 5.74) is 1.09. The second-order valence-electron chi connectivity index (χ2n) is 4.34. The Morgan fingerprint density at radius 1 is 1.17 bits per heavy atom. The standard InChI is InChI=1S/C15H25NO2/c1-5-8-12(6-2)16-13-9-10-14(18-7-3)15(11-13)17-4/h9-12,16H,5-8H2,1-4H3. The van der Waals surface area contributed by atoms with E-state index in [0.29, 0.717) is 12.6 Å². The van der Waals surface area contributed by atoms with Gasteiger partial charge >= 0.3 is 0 Å². The highest BCUT2D eigenvalue weighted by molar-refractivity contribution is 5.55. The minimum absolute atomic E-state index is 0.526. The van der Waals surface area contributed by atoms with Crippen LogP contribution in [0.15, 0.2) is 18.2 Å². The number of ether oxygens (including phenoxy) is 2. The average Bonchev–Trinajstić information content (AvgIpc) is 2.40. The molecule has 1 unspecified atom stereocenters. The molecular weight excluding hydrogens is 226 g/mol. The molecule has 102 valence electrons. The second-order valence-corrected chi connectivity index (χ2v) is 4.34. The topological polar surface area (TPSA) is 30.5 Å². The van der Waals surface area contributed by atoms with Gasteiger partial charge in [-0.3, -0.25) is 0 Å². The number of methoxy groups -OCH3 is 1. The zero-order valence-electron chi connectivity index (χ0n) is 12.0. The van der Waals surface area contributed by atoms with E-state index >= 15 is 0 Å². The van der Waals surface area contributed by atoms with Gasteiger partial charge in [0.25, 0.3) is 0 Å². The third kappa shape index (κ3) is 4.13. The highest BCUT2D eigenvalue weighted by Crippen LogP contribution is 2.30. The van der Waals surface area contributed by atoms with Crippen LogP contribution in [0.4, 0.5) is 5.69 Å². The zero-order valence-corrected chi connectivity index (χ0v) is 12.0. The van der Waals surface area contributed by atoms with Gasteiger partial charge in [0.05, 0.1) is 13.7 Å². The minimum Gasteiger partial charge on any atom is -0.493 e. The van der Waals surface area contributed by atoms with Crippen molar-refractivity contribution in [2.24, 2.45) is 0 Å². The van der Waals surface area contributed by atoms with E-state index in [1.165, 1.54) is 12.8 Å². The van der Waals surface area contributed by atoms with Crippen molar-refractivity contribution in [3.8, 4) is 11.5 Å². The van der Waals surface area contributed by atoms with Gasteiger partial charge in [-0.25, -0.2) is 0 Å². The first-order chi connectivity index (χ1) is 8.74. The first-order valence-corrected chi connectivity index (χ1v) is 6.82. The molecule has 0 bridgehead atoms. The maximum atomic E-state index is 5.51. The van der Waals surface area contributed by atoms with Gasteiger partial charge in [0.15, 0.2) is 11.5 Å². The van der Waals surface area contributed by atoms with Crippen LogP contribution in [0, 0.1) is 0 Å². The van der Waals surface area contributed by atoms with Gasteiger partial charge in [0.2, 0.25) is 0 Å². The molecule has 18 heavy (non-hydrogen) atoms. The van der Waals surface area contributed by atoms with Crippen molar-refractivity contribution in [3.63, 3.8) is 0 Å². The molecule has 0 heterocycles. The Hall–Kier alpha value is -1.38. The summed E-state index contributed by atoms with van der Waals surface area (Å²) in [6, 6.07) is 6.54. The molecule has 0 aliphatic rings. The number of anilines is 1. The minimum atomic E-state index is 0.526. The lowest BCUT2D eigenvalue weighted by Gasteiger charge is -2.18. The van der Waals surface area contributed by atoms with E-state index < -0.39 is 0 Å². The third-order valence-electron chi connectivity index (χ3n) is 2.96. The summed E-state index contributed by atoms with van der Waals surface area (Å²) >= 11 is 0. The quantitative estimate of drug-likeness (QED) is 0.755. The molecule has 0 fully saturated rings. The molecule has 0 aliphatic carbocycles. The summed E-state index contributed by atoms with van der Waals surface area (Å²) < 4.78 is 10.9. The van der Waals surface area contributed by atoms with Crippen LogP contribution in [0.2, 0.25) is 0 Å². The molecule has 0 radical (unpaired) electrons. The molecule has 0 spiro atoms. The van der Waals surface area contributed by atoms with E-state index in [1.807, 2.05) is 25.1 Å². The number of hydrogen-bond donors (Lipinski definition) is 1. The van der Waals surface area contributed by atoms with Crippen molar-refractivity contribution >= 4 is 5.69 Å². The van der Waals surface area contributed by atoms with E-state index in [1.54, 1.807) is 7.11 Å². The van der Waals surface area contributed by atoms with Crippen LogP contribution in [0.5, 0.6) is 11.5 Å². The molecule has 3 nitrogen and oxygen atoms in total.